The van der Waals surface area contributed by atoms with Gasteiger partial charge in [0.2, 0.25) is 5.91 Å². The zero-order valence-corrected chi connectivity index (χ0v) is 11.2. The van der Waals surface area contributed by atoms with Crippen molar-refractivity contribution in [2.24, 2.45) is 11.7 Å². The molecule has 0 saturated carbocycles. The summed E-state index contributed by atoms with van der Waals surface area (Å²) in [4.78, 5) is 16.3. The highest BCUT2D eigenvalue weighted by atomic mass is 16.2. The maximum atomic E-state index is 12.2. The molecule has 2 aliphatic heterocycles. The maximum absolute atomic E-state index is 12.2. The minimum Gasteiger partial charge on any atom is -0.386 e. The summed E-state index contributed by atoms with van der Waals surface area (Å²) in [6.07, 6.45) is 6.49. The van der Waals surface area contributed by atoms with Gasteiger partial charge in [-0.1, -0.05) is 6.58 Å². The fourth-order valence-electron chi connectivity index (χ4n) is 2.94. The largest absolute Gasteiger partial charge is 0.386 e. The molecule has 18 heavy (non-hydrogen) atoms. The van der Waals surface area contributed by atoms with Crippen molar-refractivity contribution in [1.82, 2.24) is 9.80 Å². The SMILES string of the molecule is C=C(N)N1CCC(CC(=O)N2CCCCC2)CC1. The Balaban J connectivity index is 1.73. The van der Waals surface area contributed by atoms with Crippen molar-refractivity contribution in [3.8, 4) is 0 Å². The molecule has 102 valence electrons. The average molecular weight is 251 g/mol. The molecule has 0 unspecified atom stereocenters. The van der Waals surface area contributed by atoms with Crippen LogP contribution in [-0.4, -0.2) is 41.9 Å². The number of nitrogens with zero attached hydrogens (tertiary/aromatic N) is 2. The highest BCUT2D eigenvalue weighted by Gasteiger charge is 2.24. The van der Waals surface area contributed by atoms with Crippen LogP contribution < -0.4 is 5.73 Å². The zero-order chi connectivity index (χ0) is 13.0. The molecule has 2 N–H and O–H groups in total. The highest BCUT2D eigenvalue weighted by molar-refractivity contribution is 5.76. The van der Waals surface area contributed by atoms with E-state index >= 15 is 0 Å². The van der Waals surface area contributed by atoms with Crippen LogP contribution in [0.2, 0.25) is 0 Å². The Morgan fingerprint density at radius 1 is 1.06 bits per heavy atom. The number of carbonyl (C=O) groups excluding carboxylic acids is 1. The van der Waals surface area contributed by atoms with Gasteiger partial charge < -0.3 is 15.5 Å². The van der Waals surface area contributed by atoms with Crippen molar-refractivity contribution >= 4 is 5.91 Å². The summed E-state index contributed by atoms with van der Waals surface area (Å²) >= 11 is 0. The summed E-state index contributed by atoms with van der Waals surface area (Å²) in [7, 11) is 0. The number of carbonyl (C=O) groups is 1. The number of rotatable bonds is 3. The number of nitrogens with two attached hydrogens (primary N) is 1. The minimum absolute atomic E-state index is 0.361. The van der Waals surface area contributed by atoms with E-state index < -0.39 is 0 Å². The van der Waals surface area contributed by atoms with Gasteiger partial charge in [-0.05, 0) is 38.0 Å². The second-order valence-corrected chi connectivity index (χ2v) is 5.57. The first-order valence-electron chi connectivity index (χ1n) is 7.14. The van der Waals surface area contributed by atoms with E-state index in [9.17, 15) is 4.79 Å². The Bertz CT molecular complexity index is 302. The monoisotopic (exact) mass is 251 g/mol. The van der Waals surface area contributed by atoms with Crippen molar-refractivity contribution in [2.75, 3.05) is 26.2 Å². The van der Waals surface area contributed by atoms with Crippen molar-refractivity contribution in [1.29, 1.82) is 0 Å². The second-order valence-electron chi connectivity index (χ2n) is 5.57. The van der Waals surface area contributed by atoms with Gasteiger partial charge in [0.25, 0.3) is 0 Å². The molecule has 2 heterocycles. The van der Waals surface area contributed by atoms with Crippen LogP contribution in [0.15, 0.2) is 12.4 Å². The van der Waals surface area contributed by atoms with Crippen LogP contribution in [0, 0.1) is 5.92 Å². The standard InChI is InChI=1S/C14H25N3O/c1-12(15)16-9-5-13(6-10-16)11-14(18)17-7-3-2-4-8-17/h13H,1-11,15H2. The fraction of sp³-hybridized carbons (Fsp3) is 0.786. The Labute approximate surface area is 110 Å². The smallest absolute Gasteiger partial charge is 0.222 e. The Morgan fingerprint density at radius 2 is 1.67 bits per heavy atom. The zero-order valence-electron chi connectivity index (χ0n) is 11.2. The van der Waals surface area contributed by atoms with Crippen LogP contribution in [0.4, 0.5) is 0 Å². The quantitative estimate of drug-likeness (QED) is 0.827. The lowest BCUT2D eigenvalue weighted by atomic mass is 9.92. The van der Waals surface area contributed by atoms with E-state index in [1.54, 1.807) is 0 Å². The predicted molar refractivity (Wildman–Crippen MR) is 72.7 cm³/mol. The lowest BCUT2D eigenvalue weighted by Crippen LogP contribution is -2.39. The summed E-state index contributed by atoms with van der Waals surface area (Å²) in [5.74, 6) is 1.56. The molecule has 2 saturated heterocycles. The first-order valence-corrected chi connectivity index (χ1v) is 7.14. The molecule has 0 spiro atoms. The molecule has 0 radical (unpaired) electrons. The van der Waals surface area contributed by atoms with Gasteiger partial charge in [-0.3, -0.25) is 4.79 Å². The first kappa shape index (κ1) is 13.2. The third-order valence-corrected chi connectivity index (χ3v) is 4.19. The molecule has 2 fully saturated rings. The molecule has 0 aromatic heterocycles. The minimum atomic E-state index is 0.361. The number of likely N-dealkylation sites (tertiary alicyclic amines) is 2. The topological polar surface area (TPSA) is 49.6 Å². The second kappa shape index (κ2) is 6.12. The van der Waals surface area contributed by atoms with Crippen molar-refractivity contribution in [3.63, 3.8) is 0 Å². The van der Waals surface area contributed by atoms with E-state index in [-0.39, 0.29) is 0 Å². The van der Waals surface area contributed by atoms with Crippen molar-refractivity contribution in [2.45, 2.75) is 38.5 Å². The van der Waals surface area contributed by atoms with E-state index in [0.717, 1.165) is 45.4 Å². The van der Waals surface area contributed by atoms with Crippen molar-refractivity contribution in [3.05, 3.63) is 12.4 Å². The van der Waals surface area contributed by atoms with E-state index in [0.29, 0.717) is 17.6 Å². The summed E-state index contributed by atoms with van der Waals surface area (Å²) < 4.78 is 0. The van der Waals surface area contributed by atoms with Crippen LogP contribution in [0.5, 0.6) is 0 Å². The van der Waals surface area contributed by atoms with Crippen LogP contribution >= 0.6 is 0 Å². The first-order chi connectivity index (χ1) is 8.66. The molecule has 0 aromatic rings. The fourth-order valence-corrected chi connectivity index (χ4v) is 2.94. The molecule has 0 bridgehead atoms. The van der Waals surface area contributed by atoms with Gasteiger partial charge in [0.15, 0.2) is 0 Å². The number of hydrogen-bond acceptors (Lipinski definition) is 3. The molecule has 1 amide bonds. The molecular formula is C14H25N3O. The lowest BCUT2D eigenvalue weighted by Gasteiger charge is -2.34. The van der Waals surface area contributed by atoms with Gasteiger partial charge in [-0.25, -0.2) is 0 Å². The summed E-state index contributed by atoms with van der Waals surface area (Å²) in [5.41, 5.74) is 5.69. The van der Waals surface area contributed by atoms with Crippen LogP contribution in [0.1, 0.15) is 38.5 Å². The number of piperidine rings is 2. The summed E-state index contributed by atoms with van der Waals surface area (Å²) in [6.45, 7) is 7.61. The van der Waals surface area contributed by atoms with Crippen LogP contribution in [-0.2, 0) is 4.79 Å². The van der Waals surface area contributed by atoms with Gasteiger partial charge in [0.1, 0.15) is 0 Å². The molecule has 4 nitrogen and oxygen atoms in total. The van der Waals surface area contributed by atoms with Crippen LogP contribution in [0.3, 0.4) is 0 Å². The normalized spacial score (nSPS) is 22.0. The predicted octanol–water partition coefficient (Wildman–Crippen LogP) is 1.53. The Kier molecular flexibility index (Phi) is 4.50. The molecular weight excluding hydrogens is 226 g/mol. The average Bonchev–Trinajstić information content (AvgIpc) is 2.40. The van der Waals surface area contributed by atoms with Gasteiger partial charge in [0, 0.05) is 32.6 Å². The molecule has 0 atom stereocenters. The molecule has 0 aromatic carbocycles. The Hall–Kier alpha value is -1.19. The molecule has 2 aliphatic rings. The van der Waals surface area contributed by atoms with Crippen molar-refractivity contribution < 1.29 is 4.79 Å². The lowest BCUT2D eigenvalue weighted by molar-refractivity contribution is -0.133. The molecule has 2 rings (SSSR count). The Morgan fingerprint density at radius 3 is 2.22 bits per heavy atom. The van der Waals surface area contributed by atoms with Gasteiger partial charge >= 0.3 is 0 Å². The van der Waals surface area contributed by atoms with E-state index in [2.05, 4.69) is 16.4 Å². The number of hydrogen-bond donors (Lipinski definition) is 1. The van der Waals surface area contributed by atoms with Gasteiger partial charge in [0.05, 0.1) is 5.82 Å². The van der Waals surface area contributed by atoms with Gasteiger partial charge in [-0.15, -0.1) is 0 Å². The van der Waals surface area contributed by atoms with Crippen LogP contribution in [0.25, 0.3) is 0 Å². The third kappa shape index (κ3) is 3.40. The number of amides is 1. The summed E-state index contributed by atoms with van der Waals surface area (Å²) in [6, 6.07) is 0. The van der Waals surface area contributed by atoms with E-state index in [1.807, 2.05) is 0 Å². The highest BCUT2D eigenvalue weighted by Crippen LogP contribution is 2.23. The molecule has 0 aliphatic carbocycles. The van der Waals surface area contributed by atoms with E-state index in [4.69, 9.17) is 5.73 Å². The third-order valence-electron chi connectivity index (χ3n) is 4.19. The maximum Gasteiger partial charge on any atom is 0.222 e. The van der Waals surface area contributed by atoms with Gasteiger partial charge in [-0.2, -0.15) is 0 Å². The van der Waals surface area contributed by atoms with E-state index in [1.165, 1.54) is 19.3 Å². The summed E-state index contributed by atoms with van der Waals surface area (Å²) in [5, 5.41) is 0. The molecule has 4 heteroatoms.